The molecule has 0 spiro atoms. The largest absolute Gasteiger partial charge is 0.496 e. The molecule has 2 rings (SSSR count). The Labute approximate surface area is 126 Å². The monoisotopic (exact) mass is 291 g/mol. The number of aliphatic carboxylic acids is 1. The van der Waals surface area contributed by atoms with E-state index in [0.717, 1.165) is 37.9 Å². The highest BCUT2D eigenvalue weighted by Crippen LogP contribution is 2.29. The third kappa shape index (κ3) is 3.97. The first-order valence-corrected chi connectivity index (χ1v) is 7.79. The van der Waals surface area contributed by atoms with Crippen molar-refractivity contribution in [3.8, 4) is 5.75 Å². The Morgan fingerprint density at radius 3 is 3.00 bits per heavy atom. The molecule has 0 heterocycles. The maximum absolute atomic E-state index is 11.3. The van der Waals surface area contributed by atoms with Gasteiger partial charge in [-0.15, -0.1) is 0 Å². The molecule has 1 aromatic carbocycles. The first-order valence-electron chi connectivity index (χ1n) is 7.79. The highest BCUT2D eigenvalue weighted by atomic mass is 16.5. The number of carboxylic acids is 1. The summed E-state index contributed by atoms with van der Waals surface area (Å²) in [5, 5.41) is 12.7. The molecule has 0 radical (unpaired) electrons. The number of hydrogen-bond donors (Lipinski definition) is 2. The lowest BCUT2D eigenvalue weighted by atomic mass is 9.87. The summed E-state index contributed by atoms with van der Waals surface area (Å²) in [4.78, 5) is 11.3. The molecule has 2 N–H and O–H groups in total. The number of hydrogen-bond acceptors (Lipinski definition) is 3. The predicted molar refractivity (Wildman–Crippen MR) is 82.9 cm³/mol. The van der Waals surface area contributed by atoms with E-state index in [4.69, 9.17) is 4.74 Å². The summed E-state index contributed by atoms with van der Waals surface area (Å²) in [6.45, 7) is 2.09. The number of carbonyl (C=O) groups is 1. The fourth-order valence-corrected chi connectivity index (χ4v) is 3.08. The van der Waals surface area contributed by atoms with Crippen molar-refractivity contribution >= 4 is 5.97 Å². The maximum Gasteiger partial charge on any atom is 0.320 e. The van der Waals surface area contributed by atoms with Gasteiger partial charge in [0.15, 0.2) is 0 Å². The van der Waals surface area contributed by atoms with Crippen molar-refractivity contribution in [2.75, 3.05) is 7.11 Å². The van der Waals surface area contributed by atoms with Crippen molar-refractivity contribution < 1.29 is 14.6 Å². The van der Waals surface area contributed by atoms with Crippen molar-refractivity contribution in [3.63, 3.8) is 0 Å². The molecule has 0 bridgehead atoms. The van der Waals surface area contributed by atoms with Crippen molar-refractivity contribution in [2.45, 2.75) is 57.5 Å². The summed E-state index contributed by atoms with van der Waals surface area (Å²) in [5.41, 5.74) is 2.55. The van der Waals surface area contributed by atoms with E-state index in [1.165, 1.54) is 11.1 Å². The van der Waals surface area contributed by atoms with E-state index in [-0.39, 0.29) is 6.04 Å². The number of benzene rings is 1. The van der Waals surface area contributed by atoms with Gasteiger partial charge in [-0.1, -0.05) is 31.9 Å². The summed E-state index contributed by atoms with van der Waals surface area (Å²) in [6, 6.07) is 5.93. The summed E-state index contributed by atoms with van der Waals surface area (Å²) < 4.78 is 5.41. The van der Waals surface area contributed by atoms with Crippen LogP contribution in [0, 0.1) is 0 Å². The van der Waals surface area contributed by atoms with Crippen LogP contribution in [0.3, 0.4) is 0 Å². The third-order valence-electron chi connectivity index (χ3n) is 4.24. The van der Waals surface area contributed by atoms with Gasteiger partial charge in [-0.25, -0.2) is 0 Å². The predicted octanol–water partition coefficient (Wildman–Crippen LogP) is 2.79. The number of carboxylic acid groups (broad SMARTS) is 1. The Morgan fingerprint density at radius 1 is 1.52 bits per heavy atom. The summed E-state index contributed by atoms with van der Waals surface area (Å²) >= 11 is 0. The minimum Gasteiger partial charge on any atom is -0.496 e. The fourth-order valence-electron chi connectivity index (χ4n) is 3.08. The van der Waals surface area contributed by atoms with Crippen LogP contribution in [0.15, 0.2) is 18.2 Å². The van der Waals surface area contributed by atoms with Crippen LogP contribution in [0.2, 0.25) is 0 Å². The van der Waals surface area contributed by atoms with Crippen LogP contribution in [0.1, 0.15) is 43.7 Å². The Bertz CT molecular complexity index is 487. The van der Waals surface area contributed by atoms with Gasteiger partial charge in [0.2, 0.25) is 0 Å². The van der Waals surface area contributed by atoms with Crippen molar-refractivity contribution in [3.05, 3.63) is 29.3 Å². The van der Waals surface area contributed by atoms with Gasteiger partial charge in [0, 0.05) is 6.04 Å². The van der Waals surface area contributed by atoms with Gasteiger partial charge >= 0.3 is 5.97 Å². The minimum absolute atomic E-state index is 0.238. The second-order valence-corrected chi connectivity index (χ2v) is 5.74. The molecular formula is C17H25NO3. The normalized spacial score (nSPS) is 18.9. The molecule has 116 valence electrons. The van der Waals surface area contributed by atoms with E-state index < -0.39 is 12.0 Å². The van der Waals surface area contributed by atoms with Gasteiger partial charge in [-0.05, 0) is 42.9 Å². The van der Waals surface area contributed by atoms with E-state index in [2.05, 4.69) is 18.3 Å². The van der Waals surface area contributed by atoms with Gasteiger partial charge in [0.25, 0.3) is 0 Å². The van der Waals surface area contributed by atoms with Crippen molar-refractivity contribution in [1.82, 2.24) is 5.32 Å². The van der Waals surface area contributed by atoms with E-state index in [0.29, 0.717) is 6.42 Å². The number of rotatable bonds is 7. The molecular weight excluding hydrogens is 266 g/mol. The molecule has 4 nitrogen and oxygen atoms in total. The molecule has 0 aromatic heterocycles. The first kappa shape index (κ1) is 15.8. The van der Waals surface area contributed by atoms with E-state index in [1.807, 2.05) is 12.1 Å². The Morgan fingerprint density at radius 2 is 2.33 bits per heavy atom. The lowest BCUT2D eigenvalue weighted by Gasteiger charge is -2.29. The average molecular weight is 291 g/mol. The molecule has 2 unspecified atom stereocenters. The zero-order chi connectivity index (χ0) is 15.2. The molecule has 0 aliphatic heterocycles. The summed E-state index contributed by atoms with van der Waals surface area (Å²) in [6.07, 6.45) is 5.45. The minimum atomic E-state index is -0.736. The number of unbranched alkanes of at least 4 members (excludes halogenated alkanes) is 1. The lowest BCUT2D eigenvalue weighted by molar-refractivity contribution is -0.140. The Hall–Kier alpha value is -1.55. The summed E-state index contributed by atoms with van der Waals surface area (Å²) in [7, 11) is 1.70. The van der Waals surface area contributed by atoms with Crippen LogP contribution in [0.25, 0.3) is 0 Å². The molecule has 0 saturated carbocycles. The van der Waals surface area contributed by atoms with Gasteiger partial charge in [-0.2, -0.15) is 0 Å². The van der Waals surface area contributed by atoms with Crippen LogP contribution < -0.4 is 10.1 Å². The molecule has 0 fully saturated rings. The number of methoxy groups -OCH3 is 1. The second kappa shape index (κ2) is 7.46. The van der Waals surface area contributed by atoms with Crippen LogP contribution in [0.4, 0.5) is 0 Å². The molecule has 4 heteroatoms. The van der Waals surface area contributed by atoms with Gasteiger partial charge in [0.1, 0.15) is 11.8 Å². The SMILES string of the molecule is CCCCC(NC1CCc2c(cccc2OC)C1)C(=O)O. The fraction of sp³-hybridized carbons (Fsp3) is 0.588. The van der Waals surface area contributed by atoms with E-state index in [9.17, 15) is 9.90 Å². The molecule has 21 heavy (non-hydrogen) atoms. The van der Waals surface area contributed by atoms with E-state index in [1.54, 1.807) is 7.11 Å². The maximum atomic E-state index is 11.3. The third-order valence-corrected chi connectivity index (χ3v) is 4.24. The number of ether oxygens (including phenoxy) is 1. The lowest BCUT2D eigenvalue weighted by Crippen LogP contribution is -2.45. The Kier molecular flexibility index (Phi) is 5.62. The zero-order valence-corrected chi connectivity index (χ0v) is 12.9. The van der Waals surface area contributed by atoms with Crippen LogP contribution in [0.5, 0.6) is 5.75 Å². The van der Waals surface area contributed by atoms with E-state index >= 15 is 0 Å². The quantitative estimate of drug-likeness (QED) is 0.811. The average Bonchev–Trinajstić information content (AvgIpc) is 2.50. The van der Waals surface area contributed by atoms with Crippen molar-refractivity contribution in [1.29, 1.82) is 0 Å². The molecule has 0 saturated heterocycles. The van der Waals surface area contributed by atoms with Gasteiger partial charge in [-0.3, -0.25) is 4.79 Å². The second-order valence-electron chi connectivity index (χ2n) is 5.74. The highest BCUT2D eigenvalue weighted by molar-refractivity contribution is 5.73. The first-order chi connectivity index (χ1) is 10.2. The molecule has 1 aliphatic carbocycles. The van der Waals surface area contributed by atoms with Crippen LogP contribution in [-0.2, 0) is 17.6 Å². The van der Waals surface area contributed by atoms with Crippen LogP contribution >= 0.6 is 0 Å². The number of nitrogens with one attached hydrogen (secondary N) is 1. The zero-order valence-electron chi connectivity index (χ0n) is 12.9. The smallest absolute Gasteiger partial charge is 0.320 e. The van der Waals surface area contributed by atoms with Crippen molar-refractivity contribution in [2.24, 2.45) is 0 Å². The number of fused-ring (bicyclic) bond motifs is 1. The topological polar surface area (TPSA) is 58.6 Å². The van der Waals surface area contributed by atoms with Gasteiger partial charge < -0.3 is 15.2 Å². The van der Waals surface area contributed by atoms with Gasteiger partial charge in [0.05, 0.1) is 7.11 Å². The highest BCUT2D eigenvalue weighted by Gasteiger charge is 2.25. The Balaban J connectivity index is 2.02. The molecule has 1 aromatic rings. The standard InChI is InChI=1S/C17H25NO3/c1-3-4-7-15(17(19)20)18-13-9-10-14-12(11-13)6-5-8-16(14)21-2/h5-6,8,13,15,18H,3-4,7,9-11H2,1-2H3,(H,19,20). The molecule has 2 atom stereocenters. The van der Waals surface area contributed by atoms with Crippen LogP contribution in [-0.4, -0.2) is 30.3 Å². The molecule has 1 aliphatic rings. The summed E-state index contributed by atoms with van der Waals surface area (Å²) in [5.74, 6) is 0.214. The molecule has 0 amide bonds.